The summed E-state index contributed by atoms with van der Waals surface area (Å²) in [5.74, 6) is 0.798. The van der Waals surface area contributed by atoms with Crippen molar-refractivity contribution in [3.8, 4) is 22.8 Å². The third-order valence-corrected chi connectivity index (χ3v) is 9.17. The first-order chi connectivity index (χ1) is 22.8. The molecule has 4 heterocycles. The van der Waals surface area contributed by atoms with E-state index < -0.39 is 0 Å². The topological polar surface area (TPSA) is 48.5 Å². The summed E-state index contributed by atoms with van der Waals surface area (Å²) >= 11 is 0. The Bertz CT molecular complexity index is 2700. The van der Waals surface area contributed by atoms with E-state index in [9.17, 15) is 0 Å². The molecular weight excluding hydrogens is 562 g/mol. The Morgan fingerprint density at radius 1 is 0.457 bits per heavy atom. The van der Waals surface area contributed by atoms with Crippen molar-refractivity contribution in [2.75, 3.05) is 0 Å². The molecule has 0 fully saturated rings. The van der Waals surface area contributed by atoms with Gasteiger partial charge in [0.1, 0.15) is 5.52 Å². The predicted molar refractivity (Wildman–Crippen MR) is 189 cm³/mol. The molecule has 0 aliphatic carbocycles. The second-order valence-electron chi connectivity index (χ2n) is 11.8. The fraction of sp³-hybridized carbons (Fsp3) is 0. The summed E-state index contributed by atoms with van der Waals surface area (Å²) in [6.45, 7) is 0. The summed E-state index contributed by atoms with van der Waals surface area (Å²) in [6, 6.07) is 49.2. The molecule has 0 bridgehead atoms. The van der Waals surface area contributed by atoms with Gasteiger partial charge in [-0.1, -0.05) is 84.9 Å². The lowest BCUT2D eigenvalue weighted by Gasteiger charge is -2.10. The minimum absolute atomic E-state index is 0.798. The molecule has 10 rings (SSSR count). The van der Waals surface area contributed by atoms with Crippen molar-refractivity contribution in [1.82, 2.24) is 24.1 Å². The van der Waals surface area contributed by atoms with E-state index in [0.29, 0.717) is 0 Å². The Morgan fingerprint density at radius 3 is 1.72 bits per heavy atom. The molecule has 0 N–H and O–H groups in total. The third kappa shape index (κ3) is 3.66. The van der Waals surface area contributed by atoms with Crippen molar-refractivity contribution >= 4 is 65.4 Å². The molecule has 0 aliphatic heterocycles. The molecule has 0 aliphatic rings. The molecule has 0 radical (unpaired) electrons. The van der Waals surface area contributed by atoms with Crippen molar-refractivity contribution in [2.24, 2.45) is 0 Å². The zero-order chi connectivity index (χ0) is 30.2. The predicted octanol–water partition coefficient (Wildman–Crippen LogP) is 10.0. The highest BCUT2D eigenvalue weighted by Gasteiger charge is 2.19. The molecule has 0 amide bonds. The van der Waals surface area contributed by atoms with Crippen LogP contribution >= 0.6 is 0 Å². The van der Waals surface area contributed by atoms with Gasteiger partial charge < -0.3 is 0 Å². The molecule has 5 nitrogen and oxygen atoms in total. The van der Waals surface area contributed by atoms with Crippen LogP contribution in [0.3, 0.4) is 0 Å². The lowest BCUT2D eigenvalue weighted by atomic mass is 10.0. The number of nitrogens with zero attached hydrogens (tertiary/aromatic N) is 5. The number of hydrogen-bond donors (Lipinski definition) is 0. The number of aromatic nitrogens is 5. The maximum absolute atomic E-state index is 5.39. The largest absolute Gasteiger partial charge is 0.293 e. The number of rotatable bonds is 3. The molecule has 0 saturated carbocycles. The monoisotopic (exact) mass is 587 g/mol. The Hall–Kier alpha value is -6.33. The van der Waals surface area contributed by atoms with Crippen molar-refractivity contribution in [3.05, 3.63) is 152 Å². The first-order valence-electron chi connectivity index (χ1n) is 15.4. The van der Waals surface area contributed by atoms with E-state index in [0.717, 1.165) is 55.9 Å². The molecule has 214 valence electrons. The molecule has 4 aromatic heterocycles. The average molecular weight is 588 g/mol. The smallest absolute Gasteiger partial charge is 0.164 e. The summed E-state index contributed by atoms with van der Waals surface area (Å²) in [5.41, 5.74) is 8.06. The Balaban J connectivity index is 1.24. The van der Waals surface area contributed by atoms with Crippen LogP contribution in [-0.4, -0.2) is 24.1 Å². The van der Waals surface area contributed by atoms with E-state index in [-0.39, 0.29) is 0 Å². The average Bonchev–Trinajstić information content (AvgIpc) is 3.61. The van der Waals surface area contributed by atoms with E-state index in [2.05, 4.69) is 135 Å². The number of hydrogen-bond acceptors (Lipinski definition) is 3. The normalized spacial score (nSPS) is 11.9. The van der Waals surface area contributed by atoms with Gasteiger partial charge in [0.15, 0.2) is 11.5 Å². The van der Waals surface area contributed by atoms with Gasteiger partial charge in [0.25, 0.3) is 0 Å². The minimum atomic E-state index is 0.798. The molecule has 0 spiro atoms. The number of pyridine rings is 1. The molecule has 46 heavy (non-hydrogen) atoms. The molecule has 0 unspecified atom stereocenters. The van der Waals surface area contributed by atoms with Gasteiger partial charge in [-0.15, -0.1) is 0 Å². The van der Waals surface area contributed by atoms with Crippen molar-refractivity contribution < 1.29 is 0 Å². The Morgan fingerprint density at radius 2 is 1.07 bits per heavy atom. The number of para-hydroxylation sites is 1. The second kappa shape index (κ2) is 9.58. The third-order valence-electron chi connectivity index (χ3n) is 9.17. The second-order valence-corrected chi connectivity index (χ2v) is 11.8. The fourth-order valence-corrected chi connectivity index (χ4v) is 7.02. The molecule has 0 saturated heterocycles. The van der Waals surface area contributed by atoms with Gasteiger partial charge in [0, 0.05) is 33.6 Å². The standard InChI is InChI=1S/C41H25N5/c1-3-11-29-23-37-33(21-27(29)9-1)34-22-28-10-2-4-12-30(28)24-38(34)46(37)39-25-43-41-40(44-39)32-13-5-6-15-36(32)45(41)31-18-16-26(17-19-31)35-14-7-8-20-42-35/h1-25H. The summed E-state index contributed by atoms with van der Waals surface area (Å²) < 4.78 is 4.49. The maximum Gasteiger partial charge on any atom is 0.164 e. The minimum Gasteiger partial charge on any atom is -0.293 e. The van der Waals surface area contributed by atoms with E-state index >= 15 is 0 Å². The van der Waals surface area contributed by atoms with E-state index in [1.165, 1.54) is 32.3 Å². The van der Waals surface area contributed by atoms with Crippen LogP contribution < -0.4 is 0 Å². The van der Waals surface area contributed by atoms with Crippen LogP contribution in [-0.2, 0) is 0 Å². The highest BCUT2D eigenvalue weighted by molar-refractivity contribution is 6.16. The Kier molecular flexibility index (Phi) is 5.22. The van der Waals surface area contributed by atoms with Crippen LogP contribution in [0.25, 0.3) is 88.2 Å². The van der Waals surface area contributed by atoms with Gasteiger partial charge in [-0.25, -0.2) is 9.97 Å². The van der Waals surface area contributed by atoms with Gasteiger partial charge in [-0.3, -0.25) is 14.1 Å². The first kappa shape index (κ1) is 25.0. The summed E-state index contributed by atoms with van der Waals surface area (Å²) in [6.07, 6.45) is 3.74. The summed E-state index contributed by atoms with van der Waals surface area (Å²) in [7, 11) is 0. The summed E-state index contributed by atoms with van der Waals surface area (Å²) in [5, 5.41) is 8.32. The molecular formula is C41H25N5. The molecule has 10 aromatic rings. The van der Waals surface area contributed by atoms with Crippen LogP contribution in [0, 0.1) is 0 Å². The SMILES string of the molecule is c1ccc(-c2ccc(-n3c4ccccc4c4nc(-n5c6cc7ccccc7cc6c6cc7ccccc7cc65)cnc43)cc2)nc1. The van der Waals surface area contributed by atoms with Crippen molar-refractivity contribution in [2.45, 2.75) is 0 Å². The highest BCUT2D eigenvalue weighted by atomic mass is 15.1. The van der Waals surface area contributed by atoms with Crippen molar-refractivity contribution in [1.29, 1.82) is 0 Å². The quantitative estimate of drug-likeness (QED) is 0.207. The molecule has 0 atom stereocenters. The van der Waals surface area contributed by atoms with Crippen LogP contribution in [0.1, 0.15) is 0 Å². The van der Waals surface area contributed by atoms with E-state index in [4.69, 9.17) is 9.97 Å². The van der Waals surface area contributed by atoms with Gasteiger partial charge in [-0.05, 0) is 76.1 Å². The number of fused-ring (bicyclic) bond motifs is 8. The van der Waals surface area contributed by atoms with Crippen LogP contribution in [0.2, 0.25) is 0 Å². The van der Waals surface area contributed by atoms with E-state index in [1.54, 1.807) is 0 Å². The first-order valence-corrected chi connectivity index (χ1v) is 15.4. The molecule has 5 heteroatoms. The Labute approximate surface area is 263 Å². The lowest BCUT2D eigenvalue weighted by Crippen LogP contribution is -2.01. The van der Waals surface area contributed by atoms with Gasteiger partial charge in [0.2, 0.25) is 0 Å². The van der Waals surface area contributed by atoms with E-state index in [1.807, 2.05) is 30.6 Å². The molecule has 6 aromatic carbocycles. The zero-order valence-corrected chi connectivity index (χ0v) is 24.7. The fourth-order valence-electron chi connectivity index (χ4n) is 7.02. The zero-order valence-electron chi connectivity index (χ0n) is 24.7. The number of benzene rings is 6. The van der Waals surface area contributed by atoms with Crippen LogP contribution in [0.15, 0.2) is 152 Å². The summed E-state index contributed by atoms with van der Waals surface area (Å²) in [4.78, 5) is 15.0. The maximum atomic E-state index is 5.39. The van der Waals surface area contributed by atoms with Gasteiger partial charge >= 0.3 is 0 Å². The van der Waals surface area contributed by atoms with Gasteiger partial charge in [0.05, 0.1) is 28.4 Å². The lowest BCUT2D eigenvalue weighted by molar-refractivity contribution is 1.06. The van der Waals surface area contributed by atoms with Crippen LogP contribution in [0.5, 0.6) is 0 Å². The highest BCUT2D eigenvalue weighted by Crippen LogP contribution is 2.38. The van der Waals surface area contributed by atoms with Crippen molar-refractivity contribution in [3.63, 3.8) is 0 Å². The van der Waals surface area contributed by atoms with Gasteiger partial charge in [-0.2, -0.15) is 0 Å². The van der Waals surface area contributed by atoms with Crippen LogP contribution in [0.4, 0.5) is 0 Å².